The van der Waals surface area contributed by atoms with Crippen LogP contribution >= 0.6 is 0 Å². The number of alkyl halides is 3. The molecule has 1 amide bonds. The van der Waals surface area contributed by atoms with E-state index in [2.05, 4.69) is 10.2 Å². The highest BCUT2D eigenvalue weighted by atomic mass is 32.2. The zero-order valence-electron chi connectivity index (χ0n) is 20.5. The van der Waals surface area contributed by atoms with Crippen molar-refractivity contribution < 1.29 is 26.4 Å². The van der Waals surface area contributed by atoms with Crippen molar-refractivity contribution in [1.29, 1.82) is 0 Å². The molecule has 1 heterocycles. The Hall–Kier alpha value is -3.33. The van der Waals surface area contributed by atoms with E-state index in [1.807, 2.05) is 24.3 Å². The van der Waals surface area contributed by atoms with E-state index in [4.69, 9.17) is 0 Å². The number of rotatable bonds is 7. The predicted molar refractivity (Wildman–Crippen MR) is 139 cm³/mol. The highest BCUT2D eigenvalue weighted by Crippen LogP contribution is 2.33. The minimum absolute atomic E-state index is 0.0246. The first-order chi connectivity index (χ1) is 17.5. The molecule has 1 N–H and O–H groups in total. The first kappa shape index (κ1) is 26.7. The molecule has 0 radical (unpaired) electrons. The van der Waals surface area contributed by atoms with Crippen molar-refractivity contribution in [3.63, 3.8) is 0 Å². The normalized spacial score (nSPS) is 16.4. The molecule has 5 nitrogen and oxygen atoms in total. The second kappa shape index (κ2) is 11.0. The lowest BCUT2D eigenvalue weighted by Crippen LogP contribution is -2.34. The molecule has 1 fully saturated rings. The van der Waals surface area contributed by atoms with Crippen molar-refractivity contribution in [2.75, 3.05) is 29.1 Å². The lowest BCUT2D eigenvalue weighted by atomic mass is 9.90. The summed E-state index contributed by atoms with van der Waals surface area (Å²) in [5.41, 5.74) is 2.62. The summed E-state index contributed by atoms with van der Waals surface area (Å²) in [6.07, 6.45) is -2.31. The lowest BCUT2D eigenvalue weighted by Gasteiger charge is -2.35. The van der Waals surface area contributed by atoms with Crippen molar-refractivity contribution in [3.8, 4) is 0 Å². The van der Waals surface area contributed by atoms with Crippen LogP contribution in [0.15, 0.2) is 77.7 Å². The highest BCUT2D eigenvalue weighted by molar-refractivity contribution is 7.91. The van der Waals surface area contributed by atoms with Gasteiger partial charge in [0, 0.05) is 30.4 Å². The Morgan fingerprint density at radius 1 is 0.973 bits per heavy atom. The van der Waals surface area contributed by atoms with Gasteiger partial charge in [0.15, 0.2) is 9.84 Å². The number of piperidine rings is 1. The minimum atomic E-state index is -4.34. The molecule has 0 aliphatic carbocycles. The van der Waals surface area contributed by atoms with Gasteiger partial charge in [-0.3, -0.25) is 4.79 Å². The van der Waals surface area contributed by atoms with Gasteiger partial charge in [0.1, 0.15) is 0 Å². The van der Waals surface area contributed by atoms with E-state index in [0.717, 1.165) is 48.3 Å². The van der Waals surface area contributed by atoms with Gasteiger partial charge in [-0.25, -0.2) is 8.42 Å². The fraction of sp³-hybridized carbons (Fsp3) is 0.321. The Morgan fingerprint density at radius 2 is 1.62 bits per heavy atom. The molecule has 1 saturated heterocycles. The summed E-state index contributed by atoms with van der Waals surface area (Å²) in [6.45, 7) is 3.09. The van der Waals surface area contributed by atoms with Crippen LogP contribution in [0.25, 0.3) is 0 Å². The minimum Gasteiger partial charge on any atom is -0.371 e. The largest absolute Gasteiger partial charge is 0.416 e. The van der Waals surface area contributed by atoms with E-state index in [1.54, 1.807) is 19.1 Å². The summed E-state index contributed by atoms with van der Waals surface area (Å²) in [5, 5.41) is 2.87. The van der Waals surface area contributed by atoms with Crippen molar-refractivity contribution in [2.45, 2.75) is 43.2 Å². The average Bonchev–Trinajstić information content (AvgIpc) is 2.89. The van der Waals surface area contributed by atoms with Gasteiger partial charge in [-0.1, -0.05) is 31.2 Å². The topological polar surface area (TPSA) is 66.5 Å². The Balaban J connectivity index is 1.34. The van der Waals surface area contributed by atoms with Crippen LogP contribution in [-0.2, 0) is 27.2 Å². The third-order valence-electron chi connectivity index (χ3n) is 6.67. The number of nitrogens with zero attached hydrogens (tertiary/aromatic N) is 1. The zero-order chi connectivity index (χ0) is 26.6. The molecule has 3 aromatic carbocycles. The van der Waals surface area contributed by atoms with E-state index in [9.17, 15) is 26.4 Å². The highest BCUT2D eigenvalue weighted by Gasteiger charge is 2.30. The van der Waals surface area contributed by atoms with Gasteiger partial charge >= 0.3 is 6.18 Å². The summed E-state index contributed by atoms with van der Waals surface area (Å²) in [4.78, 5) is 14.8. The number of sulfone groups is 1. The van der Waals surface area contributed by atoms with E-state index < -0.39 is 21.6 Å². The van der Waals surface area contributed by atoms with Crippen LogP contribution in [-0.4, -0.2) is 33.2 Å². The first-order valence-corrected chi connectivity index (χ1v) is 13.8. The molecule has 196 valence electrons. The number of halogens is 3. The molecule has 37 heavy (non-hydrogen) atoms. The smallest absolute Gasteiger partial charge is 0.371 e. The summed E-state index contributed by atoms with van der Waals surface area (Å²) < 4.78 is 62.5. The van der Waals surface area contributed by atoms with Crippen LogP contribution in [0, 0.1) is 0 Å². The van der Waals surface area contributed by atoms with Crippen LogP contribution in [0.2, 0.25) is 0 Å². The van der Waals surface area contributed by atoms with Crippen molar-refractivity contribution in [3.05, 3.63) is 89.5 Å². The molecule has 1 aliphatic heterocycles. The molecule has 9 heteroatoms. The molecule has 1 aliphatic rings. The Morgan fingerprint density at radius 3 is 2.22 bits per heavy atom. The molecule has 3 aromatic rings. The van der Waals surface area contributed by atoms with E-state index >= 15 is 0 Å². The molecule has 4 rings (SSSR count). The van der Waals surface area contributed by atoms with Gasteiger partial charge in [0.05, 0.1) is 22.6 Å². The lowest BCUT2D eigenvalue weighted by molar-refractivity contribution is -0.137. The van der Waals surface area contributed by atoms with Crippen molar-refractivity contribution in [2.24, 2.45) is 0 Å². The SMILES string of the molecule is CCS(=O)(=O)c1ccc(CC(=O)Nc2ccc(C3CCCN(c4ccc(C(F)(F)F)cc4)C3)cc2)cc1. The third-order valence-corrected chi connectivity index (χ3v) is 8.42. The van der Waals surface area contributed by atoms with Gasteiger partial charge in [0.25, 0.3) is 0 Å². The van der Waals surface area contributed by atoms with Crippen molar-refractivity contribution in [1.82, 2.24) is 0 Å². The molecule has 0 bridgehead atoms. The Labute approximate surface area is 215 Å². The van der Waals surface area contributed by atoms with Crippen LogP contribution in [0.4, 0.5) is 24.5 Å². The summed E-state index contributed by atoms with van der Waals surface area (Å²) in [7, 11) is -3.28. The maximum Gasteiger partial charge on any atom is 0.416 e. The number of carbonyl (C=O) groups excluding carboxylic acids is 1. The summed E-state index contributed by atoms with van der Waals surface area (Å²) in [6, 6.07) is 19.3. The monoisotopic (exact) mass is 530 g/mol. The number of hydrogen-bond donors (Lipinski definition) is 1. The number of nitrogens with one attached hydrogen (secondary N) is 1. The van der Waals surface area contributed by atoms with Gasteiger partial charge in [0.2, 0.25) is 5.91 Å². The average molecular weight is 531 g/mol. The Bertz CT molecular complexity index is 1320. The molecule has 1 unspecified atom stereocenters. The second-order valence-electron chi connectivity index (χ2n) is 9.22. The fourth-order valence-corrected chi connectivity index (χ4v) is 5.44. The molecule has 0 saturated carbocycles. The van der Waals surface area contributed by atoms with E-state index in [1.165, 1.54) is 24.3 Å². The quantitative estimate of drug-likeness (QED) is 0.403. The van der Waals surface area contributed by atoms with Crippen LogP contribution in [0.5, 0.6) is 0 Å². The fourth-order valence-electron chi connectivity index (χ4n) is 4.56. The van der Waals surface area contributed by atoms with E-state index in [0.29, 0.717) is 12.2 Å². The Kier molecular flexibility index (Phi) is 7.92. The summed E-state index contributed by atoms with van der Waals surface area (Å²) in [5.74, 6) is 0.0558. The molecular weight excluding hydrogens is 501 g/mol. The number of anilines is 2. The number of hydrogen-bond acceptors (Lipinski definition) is 4. The maximum absolute atomic E-state index is 12.9. The van der Waals surface area contributed by atoms with Crippen LogP contribution in [0.1, 0.15) is 42.4 Å². The van der Waals surface area contributed by atoms with Crippen molar-refractivity contribution >= 4 is 27.1 Å². The van der Waals surface area contributed by atoms with Gasteiger partial charge in [-0.2, -0.15) is 13.2 Å². The standard InChI is InChI=1S/C28H29F3N2O3S/c1-2-37(35,36)26-15-5-20(6-16-26)18-27(34)32-24-11-7-21(8-12-24)22-4-3-17-33(19-22)25-13-9-23(10-14-25)28(29,30)31/h5-16,22H,2-4,17-19H2,1H3,(H,32,34). The van der Waals surface area contributed by atoms with Crippen LogP contribution in [0.3, 0.4) is 0 Å². The molecule has 0 spiro atoms. The van der Waals surface area contributed by atoms with Crippen LogP contribution < -0.4 is 10.2 Å². The predicted octanol–water partition coefficient (Wildman–Crippen LogP) is 6.06. The van der Waals surface area contributed by atoms with Gasteiger partial charge in [-0.05, 0) is 72.5 Å². The van der Waals surface area contributed by atoms with Gasteiger partial charge in [-0.15, -0.1) is 0 Å². The molecule has 1 atom stereocenters. The van der Waals surface area contributed by atoms with Gasteiger partial charge < -0.3 is 10.2 Å². The first-order valence-electron chi connectivity index (χ1n) is 12.2. The number of amides is 1. The maximum atomic E-state index is 12.9. The third kappa shape index (κ3) is 6.71. The van der Waals surface area contributed by atoms with E-state index in [-0.39, 0.29) is 28.9 Å². The zero-order valence-corrected chi connectivity index (χ0v) is 21.3. The second-order valence-corrected chi connectivity index (χ2v) is 11.5. The number of carbonyl (C=O) groups is 1. The summed E-state index contributed by atoms with van der Waals surface area (Å²) >= 11 is 0. The molecular formula is C28H29F3N2O3S. The number of benzene rings is 3. The molecule has 0 aromatic heterocycles.